The smallest absolute Gasteiger partial charge is 0.273 e. The molecule has 3 aromatic carbocycles. The molecule has 0 aliphatic rings. The zero-order chi connectivity index (χ0) is 18.8. The molecule has 0 saturated heterocycles. The van der Waals surface area contributed by atoms with Gasteiger partial charge in [-0.2, -0.15) is 5.10 Å². The van der Waals surface area contributed by atoms with E-state index in [2.05, 4.69) is 31.4 Å². The molecule has 0 radical (unpaired) electrons. The second-order valence-corrected chi connectivity index (χ2v) is 6.88. The molecule has 4 rings (SSSR count). The molecule has 1 amide bonds. The fourth-order valence-corrected chi connectivity index (χ4v) is 3.38. The number of amides is 1. The van der Waals surface area contributed by atoms with Gasteiger partial charge in [0.2, 0.25) is 0 Å². The van der Waals surface area contributed by atoms with Crippen LogP contribution in [0.2, 0.25) is 0 Å². The van der Waals surface area contributed by atoms with Crippen LogP contribution in [0.5, 0.6) is 5.75 Å². The summed E-state index contributed by atoms with van der Waals surface area (Å²) in [5, 5.41) is 12.1. The number of ether oxygens (including phenoxy) is 1. The molecule has 0 fully saturated rings. The highest BCUT2D eigenvalue weighted by Gasteiger charge is 2.12. The van der Waals surface area contributed by atoms with Gasteiger partial charge in [-0.1, -0.05) is 34.1 Å². The van der Waals surface area contributed by atoms with Crippen molar-refractivity contribution < 1.29 is 9.53 Å². The monoisotopic (exact) mass is 421 g/mol. The van der Waals surface area contributed by atoms with Crippen molar-refractivity contribution in [3.05, 3.63) is 76.9 Å². The SMILES string of the molecule is COc1ccc(-c2cc(C(=O)Nc3ccc4c(Br)cccc4c3)[nH]n2)cc1. The Morgan fingerprint density at radius 1 is 1.07 bits per heavy atom. The Labute approximate surface area is 164 Å². The molecule has 134 valence electrons. The lowest BCUT2D eigenvalue weighted by atomic mass is 10.1. The van der Waals surface area contributed by atoms with Crippen LogP contribution in [0.15, 0.2) is 71.2 Å². The Kier molecular flexibility index (Phi) is 4.64. The minimum Gasteiger partial charge on any atom is -0.497 e. The number of hydrogen-bond acceptors (Lipinski definition) is 3. The van der Waals surface area contributed by atoms with Crippen molar-refractivity contribution in [3.63, 3.8) is 0 Å². The lowest BCUT2D eigenvalue weighted by molar-refractivity contribution is 0.102. The van der Waals surface area contributed by atoms with Crippen LogP contribution in [0.4, 0.5) is 5.69 Å². The molecule has 6 heteroatoms. The molecule has 1 heterocycles. The number of halogens is 1. The van der Waals surface area contributed by atoms with E-state index in [1.807, 2.05) is 60.7 Å². The topological polar surface area (TPSA) is 67.0 Å². The second-order valence-electron chi connectivity index (χ2n) is 6.03. The third-order valence-electron chi connectivity index (χ3n) is 4.29. The first kappa shape index (κ1) is 17.3. The quantitative estimate of drug-likeness (QED) is 0.472. The van der Waals surface area contributed by atoms with Gasteiger partial charge in [0, 0.05) is 15.7 Å². The van der Waals surface area contributed by atoms with Gasteiger partial charge in [0.15, 0.2) is 0 Å². The number of nitrogens with one attached hydrogen (secondary N) is 2. The number of benzene rings is 3. The second kappa shape index (κ2) is 7.25. The number of fused-ring (bicyclic) bond motifs is 1. The van der Waals surface area contributed by atoms with Gasteiger partial charge in [0.05, 0.1) is 12.8 Å². The van der Waals surface area contributed by atoms with E-state index in [1.54, 1.807) is 13.2 Å². The van der Waals surface area contributed by atoms with E-state index in [-0.39, 0.29) is 5.91 Å². The van der Waals surface area contributed by atoms with Crippen LogP contribution in [-0.2, 0) is 0 Å². The highest BCUT2D eigenvalue weighted by atomic mass is 79.9. The van der Waals surface area contributed by atoms with Crippen molar-refractivity contribution in [1.82, 2.24) is 10.2 Å². The molecular weight excluding hydrogens is 406 g/mol. The predicted molar refractivity (Wildman–Crippen MR) is 110 cm³/mol. The fraction of sp³-hybridized carbons (Fsp3) is 0.0476. The Hall–Kier alpha value is -3.12. The maximum Gasteiger partial charge on any atom is 0.273 e. The van der Waals surface area contributed by atoms with E-state index < -0.39 is 0 Å². The standard InChI is InChI=1S/C21H16BrN3O2/c1-27-16-8-5-13(6-9-16)19-12-20(25-24-19)21(26)23-15-7-10-17-14(11-15)3-2-4-18(17)22/h2-12H,1H3,(H,23,26)(H,24,25). The minimum absolute atomic E-state index is 0.239. The van der Waals surface area contributed by atoms with Gasteiger partial charge < -0.3 is 10.1 Å². The van der Waals surface area contributed by atoms with Gasteiger partial charge in [-0.25, -0.2) is 0 Å². The zero-order valence-corrected chi connectivity index (χ0v) is 16.1. The third-order valence-corrected chi connectivity index (χ3v) is 4.98. The summed E-state index contributed by atoms with van der Waals surface area (Å²) in [5.74, 6) is 0.534. The first-order chi connectivity index (χ1) is 13.1. The molecule has 0 unspecified atom stereocenters. The molecular formula is C21H16BrN3O2. The summed E-state index contributed by atoms with van der Waals surface area (Å²) in [5.41, 5.74) is 2.73. The van der Waals surface area contributed by atoms with Crippen LogP contribution in [-0.4, -0.2) is 23.2 Å². The largest absolute Gasteiger partial charge is 0.497 e. The van der Waals surface area contributed by atoms with Gasteiger partial charge in [-0.3, -0.25) is 9.89 Å². The van der Waals surface area contributed by atoms with Crippen molar-refractivity contribution in [2.75, 3.05) is 12.4 Å². The maximum absolute atomic E-state index is 12.6. The summed E-state index contributed by atoms with van der Waals surface area (Å²) >= 11 is 3.53. The van der Waals surface area contributed by atoms with Crippen molar-refractivity contribution >= 4 is 38.3 Å². The average molecular weight is 422 g/mol. The summed E-state index contributed by atoms with van der Waals surface area (Å²) in [7, 11) is 1.62. The number of H-pyrrole nitrogens is 1. The molecule has 0 atom stereocenters. The number of hydrogen-bond donors (Lipinski definition) is 2. The molecule has 0 spiro atoms. The van der Waals surface area contributed by atoms with Crippen molar-refractivity contribution in [2.45, 2.75) is 0 Å². The van der Waals surface area contributed by atoms with E-state index >= 15 is 0 Å². The highest BCUT2D eigenvalue weighted by molar-refractivity contribution is 9.10. The lowest BCUT2D eigenvalue weighted by Gasteiger charge is -2.06. The Balaban J connectivity index is 1.54. The van der Waals surface area contributed by atoms with E-state index in [9.17, 15) is 4.79 Å². The van der Waals surface area contributed by atoms with E-state index in [0.717, 1.165) is 32.2 Å². The molecule has 1 aromatic heterocycles. The number of methoxy groups -OCH3 is 1. The number of aromatic nitrogens is 2. The Morgan fingerprint density at radius 3 is 2.67 bits per heavy atom. The molecule has 0 aliphatic carbocycles. The summed E-state index contributed by atoms with van der Waals surface area (Å²) in [6.07, 6.45) is 0. The first-order valence-corrected chi connectivity index (χ1v) is 9.13. The van der Waals surface area contributed by atoms with Crippen LogP contribution >= 0.6 is 15.9 Å². The lowest BCUT2D eigenvalue weighted by Crippen LogP contribution is -2.12. The summed E-state index contributed by atoms with van der Waals surface area (Å²) in [6.45, 7) is 0. The molecule has 0 bridgehead atoms. The highest BCUT2D eigenvalue weighted by Crippen LogP contribution is 2.27. The van der Waals surface area contributed by atoms with Crippen LogP contribution in [0, 0.1) is 0 Å². The van der Waals surface area contributed by atoms with E-state index in [0.29, 0.717) is 11.4 Å². The van der Waals surface area contributed by atoms with Gasteiger partial charge in [0.1, 0.15) is 11.4 Å². The van der Waals surface area contributed by atoms with E-state index in [4.69, 9.17) is 4.74 Å². The van der Waals surface area contributed by atoms with Crippen LogP contribution < -0.4 is 10.1 Å². The predicted octanol–water partition coefficient (Wildman–Crippen LogP) is 5.25. The number of rotatable bonds is 4. The number of anilines is 1. The minimum atomic E-state index is -0.239. The molecule has 0 saturated carbocycles. The summed E-state index contributed by atoms with van der Waals surface area (Å²) in [4.78, 5) is 12.6. The van der Waals surface area contributed by atoms with Crippen LogP contribution in [0.1, 0.15) is 10.5 Å². The summed E-state index contributed by atoms with van der Waals surface area (Å²) in [6, 6.07) is 21.0. The zero-order valence-electron chi connectivity index (χ0n) is 14.5. The van der Waals surface area contributed by atoms with Gasteiger partial charge in [0.25, 0.3) is 5.91 Å². The maximum atomic E-state index is 12.6. The molecule has 2 N–H and O–H groups in total. The van der Waals surface area contributed by atoms with Gasteiger partial charge in [-0.05, 0) is 59.3 Å². The first-order valence-electron chi connectivity index (χ1n) is 8.33. The number of carbonyl (C=O) groups excluding carboxylic acids is 1. The van der Waals surface area contributed by atoms with Crippen LogP contribution in [0.3, 0.4) is 0 Å². The number of carbonyl (C=O) groups is 1. The van der Waals surface area contributed by atoms with Crippen molar-refractivity contribution in [3.8, 4) is 17.0 Å². The normalized spacial score (nSPS) is 10.7. The van der Waals surface area contributed by atoms with Crippen LogP contribution in [0.25, 0.3) is 22.0 Å². The average Bonchev–Trinajstić information content (AvgIpc) is 3.18. The van der Waals surface area contributed by atoms with Crippen molar-refractivity contribution in [1.29, 1.82) is 0 Å². The number of nitrogens with zero attached hydrogens (tertiary/aromatic N) is 1. The van der Waals surface area contributed by atoms with Gasteiger partial charge in [-0.15, -0.1) is 0 Å². The Morgan fingerprint density at radius 2 is 1.89 bits per heavy atom. The van der Waals surface area contributed by atoms with Gasteiger partial charge >= 0.3 is 0 Å². The molecule has 27 heavy (non-hydrogen) atoms. The molecule has 0 aliphatic heterocycles. The molecule has 5 nitrogen and oxygen atoms in total. The third kappa shape index (κ3) is 3.57. The Bertz CT molecular complexity index is 1120. The summed E-state index contributed by atoms with van der Waals surface area (Å²) < 4.78 is 6.18. The van der Waals surface area contributed by atoms with Crippen molar-refractivity contribution in [2.24, 2.45) is 0 Å². The molecule has 4 aromatic rings. The number of aromatic amines is 1. The van der Waals surface area contributed by atoms with E-state index in [1.165, 1.54) is 0 Å². The fourth-order valence-electron chi connectivity index (χ4n) is 2.87.